The lowest BCUT2D eigenvalue weighted by molar-refractivity contribution is 0.627. The molecule has 0 aliphatic rings. The van der Waals surface area contributed by atoms with Crippen molar-refractivity contribution in [3.63, 3.8) is 0 Å². The molecule has 54 valence electrons. The van der Waals surface area contributed by atoms with E-state index in [-0.39, 0.29) is 5.82 Å². The van der Waals surface area contributed by atoms with Crippen molar-refractivity contribution in [1.82, 2.24) is 0 Å². The van der Waals surface area contributed by atoms with Gasteiger partial charge in [0.15, 0.2) is 0 Å². The number of hydrogen-bond acceptors (Lipinski definition) is 0. The topological polar surface area (TPSA) is 0 Å². The quantitative estimate of drug-likeness (QED) is 0.577. The Bertz CT molecular complexity index is 193. The Morgan fingerprint density at radius 1 is 1.30 bits per heavy atom. The van der Waals surface area contributed by atoms with Crippen molar-refractivity contribution >= 4 is 8.58 Å². The van der Waals surface area contributed by atoms with Gasteiger partial charge in [0.25, 0.3) is 0 Å². The van der Waals surface area contributed by atoms with E-state index in [1.807, 2.05) is 12.1 Å². The minimum absolute atomic E-state index is 0.150. The summed E-state index contributed by atoms with van der Waals surface area (Å²) in [7, 11) is 0.910. The summed E-state index contributed by atoms with van der Waals surface area (Å²) >= 11 is 0. The summed E-state index contributed by atoms with van der Waals surface area (Å²) in [5.41, 5.74) is 1.22. The van der Waals surface area contributed by atoms with E-state index in [9.17, 15) is 4.39 Å². The molecule has 1 unspecified atom stereocenters. The van der Waals surface area contributed by atoms with E-state index < -0.39 is 0 Å². The zero-order chi connectivity index (χ0) is 7.40. The number of hydrogen-bond donors (Lipinski definition) is 0. The number of halogens is 1. The molecular formula is C8H10FP. The molecular weight excluding hydrogens is 146 g/mol. The van der Waals surface area contributed by atoms with Gasteiger partial charge in [0, 0.05) is 0 Å². The molecule has 0 aliphatic carbocycles. The van der Waals surface area contributed by atoms with E-state index in [0.717, 1.165) is 14.7 Å². The Kier molecular flexibility index (Phi) is 2.82. The Balaban J connectivity index is 2.69. The van der Waals surface area contributed by atoms with Gasteiger partial charge in [-0.05, 0) is 30.5 Å². The predicted molar refractivity (Wildman–Crippen MR) is 44.3 cm³/mol. The van der Waals surface area contributed by atoms with Crippen LogP contribution in [0.1, 0.15) is 5.56 Å². The van der Waals surface area contributed by atoms with Gasteiger partial charge in [-0.3, -0.25) is 0 Å². The summed E-state index contributed by atoms with van der Waals surface area (Å²) in [5.74, 6) is -0.150. The molecule has 2 heteroatoms. The highest BCUT2D eigenvalue weighted by Crippen LogP contribution is 2.13. The molecule has 0 nitrogen and oxygen atoms in total. The van der Waals surface area contributed by atoms with Crippen molar-refractivity contribution in [2.75, 3.05) is 6.66 Å². The Morgan fingerprint density at radius 3 is 2.40 bits per heavy atom. The average Bonchev–Trinajstić information content (AvgIpc) is 1.95. The molecule has 1 rings (SSSR count). The second-order valence-electron chi connectivity index (χ2n) is 2.16. The Labute approximate surface area is 62.2 Å². The SMILES string of the molecule is CPCc1ccc(F)cc1. The lowest BCUT2D eigenvalue weighted by Gasteiger charge is -1.95. The normalized spacial score (nSPS) is 11.0. The average molecular weight is 156 g/mol. The molecule has 0 fully saturated rings. The fraction of sp³-hybridized carbons (Fsp3) is 0.250. The van der Waals surface area contributed by atoms with E-state index in [0.29, 0.717) is 0 Å². The maximum atomic E-state index is 12.3. The van der Waals surface area contributed by atoms with Gasteiger partial charge in [0.05, 0.1) is 0 Å². The van der Waals surface area contributed by atoms with Crippen LogP contribution in [0.3, 0.4) is 0 Å². The van der Waals surface area contributed by atoms with E-state index in [4.69, 9.17) is 0 Å². The fourth-order valence-corrected chi connectivity index (χ4v) is 1.45. The van der Waals surface area contributed by atoms with E-state index in [2.05, 4.69) is 6.66 Å². The maximum absolute atomic E-state index is 12.3. The smallest absolute Gasteiger partial charge is 0.123 e. The summed E-state index contributed by atoms with van der Waals surface area (Å²) in [6, 6.07) is 6.70. The van der Waals surface area contributed by atoms with Crippen LogP contribution in [0.25, 0.3) is 0 Å². The molecule has 0 saturated heterocycles. The van der Waals surface area contributed by atoms with Gasteiger partial charge >= 0.3 is 0 Å². The summed E-state index contributed by atoms with van der Waals surface area (Å²) in [6.07, 6.45) is 1.07. The van der Waals surface area contributed by atoms with Crippen molar-refractivity contribution in [2.24, 2.45) is 0 Å². The molecule has 1 atom stereocenters. The zero-order valence-corrected chi connectivity index (χ0v) is 6.89. The highest BCUT2D eigenvalue weighted by molar-refractivity contribution is 7.36. The van der Waals surface area contributed by atoms with Crippen LogP contribution >= 0.6 is 8.58 Å². The van der Waals surface area contributed by atoms with Gasteiger partial charge in [-0.15, -0.1) is 8.58 Å². The maximum Gasteiger partial charge on any atom is 0.123 e. The van der Waals surface area contributed by atoms with Crippen LogP contribution in [-0.2, 0) is 6.16 Å². The highest BCUT2D eigenvalue weighted by atomic mass is 31.1. The van der Waals surface area contributed by atoms with Crippen molar-refractivity contribution in [3.05, 3.63) is 35.6 Å². The molecule has 0 spiro atoms. The van der Waals surface area contributed by atoms with Gasteiger partial charge in [-0.25, -0.2) is 4.39 Å². The van der Waals surface area contributed by atoms with Crippen molar-refractivity contribution < 1.29 is 4.39 Å². The van der Waals surface area contributed by atoms with Crippen LogP contribution in [0.15, 0.2) is 24.3 Å². The monoisotopic (exact) mass is 156 g/mol. The first-order valence-corrected chi connectivity index (χ1v) is 4.92. The molecule has 0 heterocycles. The summed E-state index contributed by atoms with van der Waals surface area (Å²) in [6.45, 7) is 2.14. The predicted octanol–water partition coefficient (Wildman–Crippen LogP) is 2.63. The Morgan fingerprint density at radius 2 is 1.90 bits per heavy atom. The lowest BCUT2D eigenvalue weighted by atomic mass is 10.2. The fourth-order valence-electron chi connectivity index (χ4n) is 0.806. The molecule has 0 aromatic heterocycles. The third kappa shape index (κ3) is 2.07. The molecule has 10 heavy (non-hydrogen) atoms. The van der Waals surface area contributed by atoms with E-state index in [1.165, 1.54) is 17.7 Å². The summed E-state index contributed by atoms with van der Waals surface area (Å²) in [5, 5.41) is 0. The molecule has 1 aromatic carbocycles. The van der Waals surface area contributed by atoms with Gasteiger partial charge in [0.1, 0.15) is 5.82 Å². The van der Waals surface area contributed by atoms with E-state index >= 15 is 0 Å². The number of rotatable bonds is 2. The molecule has 0 amide bonds. The van der Waals surface area contributed by atoms with Gasteiger partial charge in [-0.1, -0.05) is 12.1 Å². The molecule has 0 radical (unpaired) electrons. The van der Waals surface area contributed by atoms with Gasteiger partial charge in [-0.2, -0.15) is 0 Å². The van der Waals surface area contributed by atoms with Gasteiger partial charge in [0.2, 0.25) is 0 Å². The second-order valence-corrected chi connectivity index (χ2v) is 3.22. The zero-order valence-electron chi connectivity index (χ0n) is 5.89. The summed E-state index contributed by atoms with van der Waals surface area (Å²) in [4.78, 5) is 0. The van der Waals surface area contributed by atoms with Crippen LogP contribution in [-0.4, -0.2) is 6.66 Å². The van der Waals surface area contributed by atoms with Crippen molar-refractivity contribution in [2.45, 2.75) is 6.16 Å². The van der Waals surface area contributed by atoms with Crippen LogP contribution in [0.4, 0.5) is 4.39 Å². The minimum atomic E-state index is -0.150. The van der Waals surface area contributed by atoms with Crippen LogP contribution in [0.5, 0.6) is 0 Å². The Hall–Kier alpha value is -0.420. The third-order valence-corrected chi connectivity index (χ3v) is 2.06. The number of benzene rings is 1. The summed E-state index contributed by atoms with van der Waals surface area (Å²) < 4.78 is 12.3. The third-order valence-electron chi connectivity index (χ3n) is 1.29. The minimum Gasteiger partial charge on any atom is -0.207 e. The lowest BCUT2D eigenvalue weighted by Crippen LogP contribution is -1.78. The molecule has 0 aliphatic heterocycles. The standard InChI is InChI=1S/C8H10FP/c1-10-6-7-2-4-8(9)5-3-7/h2-5,10H,6H2,1H3. The van der Waals surface area contributed by atoms with Crippen molar-refractivity contribution in [1.29, 1.82) is 0 Å². The first-order valence-electron chi connectivity index (χ1n) is 3.22. The van der Waals surface area contributed by atoms with Crippen molar-refractivity contribution in [3.8, 4) is 0 Å². The molecule has 0 bridgehead atoms. The molecule has 1 aromatic rings. The molecule has 0 N–H and O–H groups in total. The first-order chi connectivity index (χ1) is 4.83. The van der Waals surface area contributed by atoms with Crippen LogP contribution in [0.2, 0.25) is 0 Å². The largest absolute Gasteiger partial charge is 0.207 e. The van der Waals surface area contributed by atoms with Crippen LogP contribution in [0, 0.1) is 5.82 Å². The van der Waals surface area contributed by atoms with Crippen LogP contribution < -0.4 is 0 Å². The first kappa shape index (κ1) is 7.68. The van der Waals surface area contributed by atoms with Gasteiger partial charge < -0.3 is 0 Å². The second kappa shape index (κ2) is 3.68. The molecule has 0 saturated carbocycles. The van der Waals surface area contributed by atoms with E-state index in [1.54, 1.807) is 0 Å². The highest BCUT2D eigenvalue weighted by Gasteiger charge is 1.90.